The maximum absolute atomic E-state index is 14.3. The predicted molar refractivity (Wildman–Crippen MR) is 134 cm³/mol. The number of esters is 1. The van der Waals surface area contributed by atoms with Gasteiger partial charge in [0.05, 0.1) is 30.8 Å². The molecule has 0 aliphatic carbocycles. The summed E-state index contributed by atoms with van der Waals surface area (Å²) in [7, 11) is 1.33. The standard InChI is InChI=1S/C27H26FN3O3S/c1-3-22-24(26(33)34-2)25(18-9-6-10-20(28)13-18)31-21(16-35-27(31)29-22)14-23(32)30-12-11-17-7-4-5-8-19(17)15-30/h4-10,13,16,25H,3,11-12,14-15H2,1-2H3. The number of hydrogen-bond donors (Lipinski definition) is 0. The number of carbonyl (C=O) groups excluding carboxylic acids is 2. The molecule has 1 unspecified atom stereocenters. The van der Waals surface area contributed by atoms with Crippen LogP contribution < -0.4 is 0 Å². The van der Waals surface area contributed by atoms with Gasteiger partial charge >= 0.3 is 5.97 Å². The summed E-state index contributed by atoms with van der Waals surface area (Å²) in [6.45, 7) is 3.17. The molecule has 3 heterocycles. The zero-order valence-electron chi connectivity index (χ0n) is 19.7. The molecule has 6 nitrogen and oxygen atoms in total. The maximum atomic E-state index is 14.3. The summed E-state index contributed by atoms with van der Waals surface area (Å²) in [4.78, 5) is 34.8. The van der Waals surface area contributed by atoms with Crippen molar-refractivity contribution in [2.75, 3.05) is 13.7 Å². The van der Waals surface area contributed by atoms with E-state index in [1.165, 1.54) is 42.1 Å². The van der Waals surface area contributed by atoms with Crippen molar-refractivity contribution < 1.29 is 18.7 Å². The molecule has 0 radical (unpaired) electrons. The lowest BCUT2D eigenvalue weighted by molar-refractivity contribution is -0.136. The Morgan fingerprint density at radius 1 is 1.17 bits per heavy atom. The molecule has 2 aromatic rings. The van der Waals surface area contributed by atoms with Crippen LogP contribution in [-0.4, -0.2) is 40.5 Å². The Morgan fingerprint density at radius 3 is 2.71 bits per heavy atom. The number of nitrogens with zero attached hydrogens (tertiary/aromatic N) is 3. The summed E-state index contributed by atoms with van der Waals surface area (Å²) < 4.78 is 19.4. The van der Waals surface area contributed by atoms with Gasteiger partial charge in [-0.1, -0.05) is 55.1 Å². The summed E-state index contributed by atoms with van der Waals surface area (Å²) in [5, 5.41) is 2.59. The zero-order chi connectivity index (χ0) is 24.5. The molecular formula is C27H26FN3O3S. The molecule has 35 heavy (non-hydrogen) atoms. The fourth-order valence-electron chi connectivity index (χ4n) is 4.88. The van der Waals surface area contributed by atoms with E-state index >= 15 is 0 Å². The van der Waals surface area contributed by atoms with Crippen LogP contribution in [0.1, 0.15) is 42.5 Å². The van der Waals surface area contributed by atoms with E-state index in [9.17, 15) is 14.0 Å². The molecule has 3 aliphatic heterocycles. The summed E-state index contributed by atoms with van der Waals surface area (Å²) >= 11 is 1.42. The third-order valence-electron chi connectivity index (χ3n) is 6.61. The average Bonchev–Trinajstić information content (AvgIpc) is 3.28. The van der Waals surface area contributed by atoms with Gasteiger partial charge in [0.15, 0.2) is 5.17 Å². The first kappa shape index (κ1) is 23.4. The van der Waals surface area contributed by atoms with Gasteiger partial charge in [0.25, 0.3) is 0 Å². The van der Waals surface area contributed by atoms with Gasteiger partial charge in [0.2, 0.25) is 5.91 Å². The van der Waals surface area contributed by atoms with Gasteiger partial charge in [-0.3, -0.25) is 4.79 Å². The number of aliphatic imine (C=N–C) groups is 1. The molecular weight excluding hydrogens is 465 g/mol. The van der Waals surface area contributed by atoms with Gasteiger partial charge in [0.1, 0.15) is 5.82 Å². The number of halogens is 1. The van der Waals surface area contributed by atoms with Crippen LogP contribution in [0, 0.1) is 5.82 Å². The van der Waals surface area contributed by atoms with E-state index in [0.717, 1.165) is 12.1 Å². The van der Waals surface area contributed by atoms with Crippen LogP contribution in [0.2, 0.25) is 0 Å². The number of thioether (sulfide) groups is 1. The van der Waals surface area contributed by atoms with Gasteiger partial charge in [0, 0.05) is 18.8 Å². The highest BCUT2D eigenvalue weighted by atomic mass is 32.2. The fraction of sp³-hybridized carbons (Fsp3) is 0.296. The van der Waals surface area contributed by atoms with Crippen molar-refractivity contribution in [1.29, 1.82) is 0 Å². The number of carbonyl (C=O) groups is 2. The smallest absolute Gasteiger partial charge is 0.338 e. The van der Waals surface area contributed by atoms with Gasteiger partial charge in [-0.15, -0.1) is 0 Å². The van der Waals surface area contributed by atoms with E-state index in [0.29, 0.717) is 41.5 Å². The average molecular weight is 492 g/mol. The lowest BCUT2D eigenvalue weighted by Crippen LogP contribution is -2.40. The zero-order valence-corrected chi connectivity index (χ0v) is 20.5. The van der Waals surface area contributed by atoms with Crippen LogP contribution >= 0.6 is 11.8 Å². The highest BCUT2D eigenvalue weighted by Gasteiger charge is 2.42. The van der Waals surface area contributed by atoms with Crippen molar-refractivity contribution in [1.82, 2.24) is 9.80 Å². The molecule has 0 N–H and O–H groups in total. The van der Waals surface area contributed by atoms with Crippen LogP contribution in [0.25, 0.3) is 0 Å². The minimum atomic E-state index is -0.628. The summed E-state index contributed by atoms with van der Waals surface area (Å²) in [5.74, 6) is -0.890. The molecule has 0 saturated carbocycles. The molecule has 0 saturated heterocycles. The summed E-state index contributed by atoms with van der Waals surface area (Å²) in [5.41, 5.74) is 4.78. The second-order valence-corrected chi connectivity index (χ2v) is 9.50. The molecule has 0 spiro atoms. The van der Waals surface area contributed by atoms with Crippen LogP contribution in [0.15, 0.2) is 75.9 Å². The molecule has 8 heteroatoms. The highest BCUT2D eigenvalue weighted by molar-refractivity contribution is 8.16. The Hall–Kier alpha value is -3.39. The van der Waals surface area contributed by atoms with Gasteiger partial charge in [-0.05, 0) is 47.1 Å². The first-order valence-corrected chi connectivity index (χ1v) is 12.5. The number of allylic oxidation sites excluding steroid dienone is 1. The minimum absolute atomic E-state index is 0.00971. The number of methoxy groups -OCH3 is 1. The maximum Gasteiger partial charge on any atom is 0.338 e. The van der Waals surface area contributed by atoms with Crippen LogP contribution in [-0.2, 0) is 27.3 Å². The van der Waals surface area contributed by atoms with Gasteiger partial charge in [-0.2, -0.15) is 0 Å². The fourth-order valence-corrected chi connectivity index (χ4v) is 5.82. The molecule has 180 valence electrons. The second kappa shape index (κ2) is 9.70. The van der Waals surface area contributed by atoms with Crippen molar-refractivity contribution in [3.8, 4) is 0 Å². The monoisotopic (exact) mass is 491 g/mol. The van der Waals surface area contributed by atoms with E-state index in [1.54, 1.807) is 12.1 Å². The van der Waals surface area contributed by atoms with E-state index in [1.807, 2.05) is 34.3 Å². The predicted octanol–water partition coefficient (Wildman–Crippen LogP) is 4.94. The first-order chi connectivity index (χ1) is 17.0. The van der Waals surface area contributed by atoms with Crippen molar-refractivity contribution in [3.63, 3.8) is 0 Å². The molecule has 0 aromatic heterocycles. The number of rotatable bonds is 5. The third-order valence-corrected chi connectivity index (χ3v) is 7.50. The summed E-state index contributed by atoms with van der Waals surface area (Å²) in [6, 6.07) is 13.8. The minimum Gasteiger partial charge on any atom is -0.466 e. The second-order valence-electron chi connectivity index (χ2n) is 8.67. The lowest BCUT2D eigenvalue weighted by atomic mass is 9.92. The van der Waals surface area contributed by atoms with Crippen molar-refractivity contribution in [3.05, 3.63) is 93.4 Å². The van der Waals surface area contributed by atoms with Crippen LogP contribution in [0.3, 0.4) is 0 Å². The molecule has 3 aliphatic rings. The molecule has 1 amide bonds. The molecule has 0 bridgehead atoms. The van der Waals surface area contributed by atoms with Crippen molar-refractivity contribution in [2.45, 2.75) is 38.8 Å². The Labute approximate surface area is 208 Å². The van der Waals surface area contributed by atoms with Gasteiger partial charge in [-0.25, -0.2) is 14.2 Å². The quantitative estimate of drug-likeness (QED) is 0.555. The SMILES string of the molecule is CCC1=C(C(=O)OC)C(c2cccc(F)c2)N2C(CC(=O)N3CCc4ccccc4C3)=CSC2=N1. The lowest BCUT2D eigenvalue weighted by Gasteiger charge is -2.37. The number of fused-ring (bicyclic) bond motifs is 2. The Bertz CT molecular complexity index is 1290. The third kappa shape index (κ3) is 4.38. The number of hydrogen-bond acceptors (Lipinski definition) is 6. The number of amidine groups is 1. The van der Waals surface area contributed by atoms with Crippen molar-refractivity contribution in [2.24, 2.45) is 4.99 Å². The largest absolute Gasteiger partial charge is 0.466 e. The molecule has 2 aromatic carbocycles. The molecule has 0 fully saturated rings. The van der Waals surface area contributed by atoms with Crippen molar-refractivity contribution >= 4 is 28.8 Å². The van der Waals surface area contributed by atoms with Crippen LogP contribution in [0.4, 0.5) is 4.39 Å². The normalized spacial score (nSPS) is 19.1. The highest BCUT2D eigenvalue weighted by Crippen LogP contribution is 2.45. The number of benzene rings is 2. The molecule has 1 atom stereocenters. The van der Waals surface area contributed by atoms with E-state index in [-0.39, 0.29) is 12.3 Å². The van der Waals surface area contributed by atoms with Crippen LogP contribution in [0.5, 0.6) is 0 Å². The number of amides is 1. The molecule has 5 rings (SSSR count). The van der Waals surface area contributed by atoms with Gasteiger partial charge < -0.3 is 14.5 Å². The van der Waals surface area contributed by atoms with E-state index in [4.69, 9.17) is 9.73 Å². The summed E-state index contributed by atoms with van der Waals surface area (Å²) in [6.07, 6.45) is 1.51. The Balaban J connectivity index is 1.47. The Morgan fingerprint density at radius 2 is 1.97 bits per heavy atom. The van der Waals surface area contributed by atoms with E-state index in [2.05, 4.69) is 12.1 Å². The number of ether oxygens (including phenoxy) is 1. The van der Waals surface area contributed by atoms with E-state index < -0.39 is 17.8 Å². The topological polar surface area (TPSA) is 62.2 Å². The first-order valence-electron chi connectivity index (χ1n) is 11.6. The Kier molecular flexibility index (Phi) is 6.47.